The highest BCUT2D eigenvalue weighted by Gasteiger charge is 2.31. The lowest BCUT2D eigenvalue weighted by Crippen LogP contribution is -2.42. The number of carbonyl (C=O) groups excluding carboxylic acids is 1. The molecule has 150 valence electrons. The van der Waals surface area contributed by atoms with Crippen LogP contribution in [0.3, 0.4) is 0 Å². The van der Waals surface area contributed by atoms with Crippen molar-refractivity contribution in [2.24, 2.45) is 11.8 Å². The van der Waals surface area contributed by atoms with Crippen LogP contribution in [0.1, 0.15) is 20.3 Å². The Labute approximate surface area is 166 Å². The van der Waals surface area contributed by atoms with Gasteiger partial charge in [0.15, 0.2) is 6.61 Å². The summed E-state index contributed by atoms with van der Waals surface area (Å²) in [6, 6.07) is 15.3. The van der Waals surface area contributed by atoms with Crippen molar-refractivity contribution in [1.82, 2.24) is 4.31 Å². The molecule has 1 fully saturated rings. The quantitative estimate of drug-likeness (QED) is 0.804. The molecule has 0 aliphatic carbocycles. The van der Waals surface area contributed by atoms with Crippen LogP contribution in [0.4, 0.5) is 5.69 Å². The van der Waals surface area contributed by atoms with Gasteiger partial charge in [-0.2, -0.15) is 4.31 Å². The van der Waals surface area contributed by atoms with Gasteiger partial charge in [0.05, 0.1) is 4.90 Å². The monoisotopic (exact) mass is 402 g/mol. The van der Waals surface area contributed by atoms with Gasteiger partial charge in [0.1, 0.15) is 5.75 Å². The molecule has 2 aromatic rings. The van der Waals surface area contributed by atoms with Crippen molar-refractivity contribution in [2.75, 3.05) is 25.0 Å². The van der Waals surface area contributed by atoms with E-state index in [-0.39, 0.29) is 17.4 Å². The molecule has 0 bridgehead atoms. The summed E-state index contributed by atoms with van der Waals surface area (Å²) < 4.78 is 32.7. The SMILES string of the molecule is C[C@@H]1C[C@@H](C)CN(S(=O)(=O)c2ccc(NC(=O)COc3ccccc3)cc2)C1. The number of nitrogens with zero attached hydrogens (tertiary/aromatic N) is 1. The summed E-state index contributed by atoms with van der Waals surface area (Å²) in [5, 5.41) is 2.71. The molecule has 6 nitrogen and oxygen atoms in total. The number of hydrogen-bond acceptors (Lipinski definition) is 4. The van der Waals surface area contributed by atoms with Gasteiger partial charge in [-0.1, -0.05) is 32.0 Å². The van der Waals surface area contributed by atoms with Gasteiger partial charge in [-0.05, 0) is 54.7 Å². The topological polar surface area (TPSA) is 75.7 Å². The maximum absolute atomic E-state index is 12.9. The highest BCUT2D eigenvalue weighted by atomic mass is 32.2. The van der Waals surface area contributed by atoms with E-state index in [2.05, 4.69) is 19.2 Å². The van der Waals surface area contributed by atoms with Crippen LogP contribution in [0.2, 0.25) is 0 Å². The number of anilines is 1. The van der Waals surface area contributed by atoms with Crippen molar-refractivity contribution in [3.05, 3.63) is 54.6 Å². The molecule has 0 aromatic heterocycles. The van der Waals surface area contributed by atoms with E-state index < -0.39 is 10.0 Å². The lowest BCUT2D eigenvalue weighted by atomic mass is 9.94. The fraction of sp³-hybridized carbons (Fsp3) is 0.381. The molecule has 28 heavy (non-hydrogen) atoms. The zero-order valence-corrected chi connectivity index (χ0v) is 17.0. The van der Waals surface area contributed by atoms with Crippen LogP contribution in [0.5, 0.6) is 5.75 Å². The highest BCUT2D eigenvalue weighted by Crippen LogP contribution is 2.27. The Morgan fingerprint density at radius 3 is 2.25 bits per heavy atom. The van der Waals surface area contributed by atoms with Crippen molar-refractivity contribution in [3.8, 4) is 5.75 Å². The summed E-state index contributed by atoms with van der Waals surface area (Å²) in [6.45, 7) is 5.13. The third kappa shape index (κ3) is 5.11. The molecule has 7 heteroatoms. The minimum absolute atomic E-state index is 0.117. The number of amides is 1. The Kier molecular flexibility index (Phi) is 6.36. The maximum atomic E-state index is 12.9. The van der Waals surface area contributed by atoms with Gasteiger partial charge in [0.2, 0.25) is 10.0 Å². The highest BCUT2D eigenvalue weighted by molar-refractivity contribution is 7.89. The maximum Gasteiger partial charge on any atom is 0.262 e. The number of piperidine rings is 1. The third-order valence-corrected chi connectivity index (χ3v) is 6.57. The van der Waals surface area contributed by atoms with Crippen LogP contribution >= 0.6 is 0 Å². The first-order valence-corrected chi connectivity index (χ1v) is 10.9. The molecule has 1 N–H and O–H groups in total. The second kappa shape index (κ2) is 8.75. The third-order valence-electron chi connectivity index (χ3n) is 4.72. The first kappa shape index (κ1) is 20.4. The van der Waals surface area contributed by atoms with Gasteiger partial charge in [-0.15, -0.1) is 0 Å². The fourth-order valence-corrected chi connectivity index (χ4v) is 5.20. The molecule has 3 rings (SSSR count). The molecule has 1 saturated heterocycles. The van der Waals surface area contributed by atoms with E-state index in [9.17, 15) is 13.2 Å². The molecule has 0 saturated carbocycles. The number of carbonyl (C=O) groups is 1. The van der Waals surface area contributed by atoms with E-state index in [1.807, 2.05) is 18.2 Å². The van der Waals surface area contributed by atoms with Crippen LogP contribution in [0.25, 0.3) is 0 Å². The van der Waals surface area contributed by atoms with Crippen molar-refractivity contribution in [2.45, 2.75) is 25.2 Å². The Bertz CT molecular complexity index is 888. The normalized spacial score (nSPS) is 20.5. The van der Waals surface area contributed by atoms with Gasteiger partial charge in [0, 0.05) is 18.8 Å². The van der Waals surface area contributed by atoms with Crippen molar-refractivity contribution < 1.29 is 17.9 Å². The predicted molar refractivity (Wildman–Crippen MR) is 109 cm³/mol. The van der Waals surface area contributed by atoms with Crippen LogP contribution < -0.4 is 10.1 Å². The number of para-hydroxylation sites is 1. The molecule has 1 heterocycles. The zero-order chi connectivity index (χ0) is 20.1. The standard InChI is InChI=1S/C21H26N2O4S/c1-16-12-17(2)14-23(13-16)28(25,26)20-10-8-18(9-11-20)22-21(24)15-27-19-6-4-3-5-7-19/h3-11,16-17H,12-15H2,1-2H3,(H,22,24)/t16-,17-/m1/s1. The molecule has 2 aromatic carbocycles. The molecule has 1 aliphatic heterocycles. The molecule has 1 amide bonds. The first-order chi connectivity index (χ1) is 13.3. The van der Waals surface area contributed by atoms with Crippen molar-refractivity contribution >= 4 is 21.6 Å². The molecule has 1 aliphatic rings. The van der Waals surface area contributed by atoms with Crippen molar-refractivity contribution in [3.63, 3.8) is 0 Å². The summed E-state index contributed by atoms with van der Waals surface area (Å²) in [6.07, 6.45) is 1.04. The van der Waals surface area contributed by atoms with Gasteiger partial charge in [-0.25, -0.2) is 8.42 Å². The number of hydrogen-bond donors (Lipinski definition) is 1. The van der Waals surface area contributed by atoms with E-state index in [1.165, 1.54) is 12.1 Å². The second-order valence-electron chi connectivity index (χ2n) is 7.44. The molecule has 0 unspecified atom stereocenters. The summed E-state index contributed by atoms with van der Waals surface area (Å²) in [4.78, 5) is 12.3. The summed E-state index contributed by atoms with van der Waals surface area (Å²) in [5.74, 6) is 1.01. The number of rotatable bonds is 6. The summed E-state index contributed by atoms with van der Waals surface area (Å²) in [7, 11) is -3.52. The van der Waals surface area contributed by atoms with E-state index in [0.717, 1.165) is 6.42 Å². The lowest BCUT2D eigenvalue weighted by molar-refractivity contribution is -0.118. The van der Waals surface area contributed by atoms with Crippen LogP contribution in [0, 0.1) is 11.8 Å². The van der Waals surface area contributed by atoms with Crippen LogP contribution in [-0.4, -0.2) is 38.3 Å². The van der Waals surface area contributed by atoms with E-state index in [0.29, 0.717) is 36.4 Å². The Hall–Kier alpha value is -2.38. The van der Waals surface area contributed by atoms with E-state index in [4.69, 9.17) is 4.74 Å². The summed E-state index contributed by atoms with van der Waals surface area (Å²) >= 11 is 0. The van der Waals surface area contributed by atoms with Crippen LogP contribution in [-0.2, 0) is 14.8 Å². The largest absolute Gasteiger partial charge is 0.484 e. The van der Waals surface area contributed by atoms with Gasteiger partial charge >= 0.3 is 0 Å². The van der Waals surface area contributed by atoms with E-state index in [1.54, 1.807) is 28.6 Å². The molecule has 2 atom stereocenters. The number of sulfonamides is 1. The zero-order valence-electron chi connectivity index (χ0n) is 16.2. The minimum Gasteiger partial charge on any atom is -0.484 e. The van der Waals surface area contributed by atoms with Gasteiger partial charge < -0.3 is 10.1 Å². The van der Waals surface area contributed by atoms with Crippen LogP contribution in [0.15, 0.2) is 59.5 Å². The molecule has 0 radical (unpaired) electrons. The minimum atomic E-state index is -3.52. The number of ether oxygens (including phenoxy) is 1. The van der Waals surface area contributed by atoms with E-state index >= 15 is 0 Å². The molecular weight excluding hydrogens is 376 g/mol. The second-order valence-corrected chi connectivity index (χ2v) is 9.38. The number of benzene rings is 2. The summed E-state index contributed by atoms with van der Waals surface area (Å²) in [5.41, 5.74) is 0.529. The molecular formula is C21H26N2O4S. The average Bonchev–Trinajstić information content (AvgIpc) is 2.67. The fourth-order valence-electron chi connectivity index (χ4n) is 3.52. The molecule has 0 spiro atoms. The Morgan fingerprint density at radius 2 is 1.64 bits per heavy atom. The average molecular weight is 403 g/mol. The van der Waals surface area contributed by atoms with Crippen molar-refractivity contribution in [1.29, 1.82) is 0 Å². The van der Waals surface area contributed by atoms with Gasteiger partial charge in [0.25, 0.3) is 5.91 Å². The Morgan fingerprint density at radius 1 is 1.04 bits per heavy atom. The smallest absolute Gasteiger partial charge is 0.262 e. The van der Waals surface area contributed by atoms with Gasteiger partial charge in [-0.3, -0.25) is 4.79 Å². The predicted octanol–water partition coefficient (Wildman–Crippen LogP) is 3.37. The number of nitrogens with one attached hydrogen (secondary N) is 1. The lowest BCUT2D eigenvalue weighted by Gasteiger charge is -2.34. The Balaban J connectivity index is 1.60. The first-order valence-electron chi connectivity index (χ1n) is 9.42.